The molecule has 0 saturated carbocycles. The number of ether oxygens (including phenoxy) is 1. The molecular weight excluding hydrogens is 322 g/mol. The molecule has 0 spiro atoms. The van der Waals surface area contributed by atoms with Gasteiger partial charge in [0.1, 0.15) is 0 Å². The Hall–Kier alpha value is -3.32. The number of carbonyl (C=O) groups excluding carboxylic acids is 1. The van der Waals surface area contributed by atoms with Crippen LogP contribution in [0.3, 0.4) is 0 Å². The first-order valence-electron chi connectivity index (χ1n) is 7.58. The van der Waals surface area contributed by atoms with Gasteiger partial charge in [-0.15, -0.1) is 0 Å². The maximum absolute atomic E-state index is 12.0. The Bertz CT molecular complexity index is 868. The fourth-order valence-electron chi connectivity index (χ4n) is 2.35. The van der Waals surface area contributed by atoms with Crippen molar-refractivity contribution in [2.75, 3.05) is 7.05 Å². The van der Waals surface area contributed by atoms with Gasteiger partial charge < -0.3 is 10.1 Å². The molecule has 0 saturated heterocycles. The van der Waals surface area contributed by atoms with Gasteiger partial charge in [-0.05, 0) is 36.4 Å². The molecule has 0 aliphatic carbocycles. The molecular formula is C18H15N3O4. The highest BCUT2D eigenvalue weighted by Crippen LogP contribution is 2.21. The zero-order valence-electron chi connectivity index (χ0n) is 13.4. The van der Waals surface area contributed by atoms with Crippen molar-refractivity contribution in [1.29, 1.82) is 0 Å². The third-order valence-corrected chi connectivity index (χ3v) is 3.61. The number of esters is 1. The first-order chi connectivity index (χ1) is 12.1. The van der Waals surface area contributed by atoms with E-state index in [0.717, 1.165) is 17.7 Å². The molecule has 2 aromatic carbocycles. The Morgan fingerprint density at radius 2 is 1.84 bits per heavy atom. The number of nitro benzene ring substituents is 1. The molecule has 1 aliphatic rings. The van der Waals surface area contributed by atoms with E-state index in [0.29, 0.717) is 5.56 Å². The standard InChI is InChI=1S/C18H15N3O4/c1-19-11-13-4-2-12(3-5-13)10-16-18(22)25-17(20-16)14-6-8-15(9-7-14)21(23)24/h2-10,19H,11H2,1H3/b16-10-. The maximum Gasteiger partial charge on any atom is 0.363 e. The first-order valence-corrected chi connectivity index (χ1v) is 7.58. The van der Waals surface area contributed by atoms with Gasteiger partial charge in [-0.25, -0.2) is 9.79 Å². The van der Waals surface area contributed by atoms with E-state index in [1.807, 2.05) is 31.3 Å². The Balaban J connectivity index is 1.82. The monoisotopic (exact) mass is 337 g/mol. The van der Waals surface area contributed by atoms with E-state index in [4.69, 9.17) is 4.74 Å². The molecule has 0 aromatic heterocycles. The molecule has 2 aromatic rings. The summed E-state index contributed by atoms with van der Waals surface area (Å²) in [6, 6.07) is 13.4. The van der Waals surface area contributed by atoms with E-state index < -0.39 is 10.9 Å². The third-order valence-electron chi connectivity index (χ3n) is 3.61. The minimum Gasteiger partial charge on any atom is -0.402 e. The van der Waals surface area contributed by atoms with E-state index in [1.54, 1.807) is 6.08 Å². The molecule has 0 atom stereocenters. The molecule has 7 heteroatoms. The fraction of sp³-hybridized carbons (Fsp3) is 0.111. The maximum atomic E-state index is 12.0. The molecule has 25 heavy (non-hydrogen) atoms. The third kappa shape index (κ3) is 3.78. The van der Waals surface area contributed by atoms with Gasteiger partial charge in [-0.2, -0.15) is 0 Å². The van der Waals surface area contributed by atoms with Crippen LogP contribution in [0, 0.1) is 10.1 Å². The summed E-state index contributed by atoms with van der Waals surface area (Å²) >= 11 is 0. The molecule has 126 valence electrons. The molecule has 0 amide bonds. The summed E-state index contributed by atoms with van der Waals surface area (Å²) in [4.78, 5) is 26.4. The molecule has 0 bridgehead atoms. The van der Waals surface area contributed by atoms with Crippen LogP contribution in [0.5, 0.6) is 0 Å². The minimum absolute atomic E-state index is 0.0360. The zero-order valence-corrected chi connectivity index (χ0v) is 13.4. The number of cyclic esters (lactones) is 1. The number of aliphatic imine (C=N–C) groups is 1. The number of hydrogen-bond donors (Lipinski definition) is 1. The average Bonchev–Trinajstić information content (AvgIpc) is 2.98. The molecule has 1 N–H and O–H groups in total. The molecule has 3 rings (SSSR count). The van der Waals surface area contributed by atoms with E-state index in [2.05, 4.69) is 10.3 Å². The van der Waals surface area contributed by atoms with Gasteiger partial charge in [-0.3, -0.25) is 10.1 Å². The second-order valence-electron chi connectivity index (χ2n) is 5.41. The van der Waals surface area contributed by atoms with Crippen molar-refractivity contribution in [3.8, 4) is 0 Å². The van der Waals surface area contributed by atoms with Crippen molar-refractivity contribution >= 4 is 23.6 Å². The number of nitrogens with one attached hydrogen (secondary N) is 1. The fourth-order valence-corrected chi connectivity index (χ4v) is 2.35. The largest absolute Gasteiger partial charge is 0.402 e. The summed E-state index contributed by atoms with van der Waals surface area (Å²) in [5.74, 6) is -0.411. The normalized spacial score (nSPS) is 15.2. The SMILES string of the molecule is CNCc1ccc(/C=C2\N=C(c3ccc([N+](=O)[O-])cc3)OC2=O)cc1. The van der Waals surface area contributed by atoms with Crippen LogP contribution in [-0.2, 0) is 16.1 Å². The van der Waals surface area contributed by atoms with Gasteiger partial charge in [0, 0.05) is 24.2 Å². The van der Waals surface area contributed by atoms with Crippen LogP contribution < -0.4 is 5.32 Å². The van der Waals surface area contributed by atoms with Gasteiger partial charge in [0.25, 0.3) is 5.69 Å². The van der Waals surface area contributed by atoms with Crippen LogP contribution in [0.15, 0.2) is 59.2 Å². The Morgan fingerprint density at radius 3 is 2.44 bits per heavy atom. The summed E-state index contributed by atoms with van der Waals surface area (Å²) in [5, 5.41) is 13.7. The van der Waals surface area contributed by atoms with Crippen molar-refractivity contribution in [3.63, 3.8) is 0 Å². The lowest BCUT2D eigenvalue weighted by Crippen LogP contribution is -2.05. The lowest BCUT2D eigenvalue weighted by Gasteiger charge is -2.00. The lowest BCUT2D eigenvalue weighted by atomic mass is 10.1. The first kappa shape index (κ1) is 16.5. The highest BCUT2D eigenvalue weighted by Gasteiger charge is 2.24. The number of rotatable bonds is 5. The van der Waals surface area contributed by atoms with E-state index in [1.165, 1.54) is 24.3 Å². The quantitative estimate of drug-likeness (QED) is 0.392. The average molecular weight is 337 g/mol. The summed E-state index contributed by atoms with van der Waals surface area (Å²) in [6.45, 7) is 0.765. The van der Waals surface area contributed by atoms with Crippen molar-refractivity contribution < 1.29 is 14.5 Å². The van der Waals surface area contributed by atoms with Crippen LogP contribution >= 0.6 is 0 Å². The van der Waals surface area contributed by atoms with Crippen molar-refractivity contribution in [1.82, 2.24) is 5.32 Å². The second kappa shape index (κ2) is 7.06. The lowest BCUT2D eigenvalue weighted by molar-refractivity contribution is -0.384. The number of hydrogen-bond acceptors (Lipinski definition) is 6. The molecule has 0 fully saturated rings. The molecule has 0 unspecified atom stereocenters. The van der Waals surface area contributed by atoms with Gasteiger partial charge >= 0.3 is 5.97 Å². The van der Waals surface area contributed by atoms with Crippen LogP contribution in [0.4, 0.5) is 5.69 Å². The predicted molar refractivity (Wildman–Crippen MR) is 92.9 cm³/mol. The van der Waals surface area contributed by atoms with Gasteiger partial charge in [-0.1, -0.05) is 24.3 Å². The summed E-state index contributed by atoms with van der Waals surface area (Å²) in [6.07, 6.45) is 1.64. The topological polar surface area (TPSA) is 93.8 Å². The summed E-state index contributed by atoms with van der Waals surface area (Å²) in [7, 11) is 1.87. The van der Waals surface area contributed by atoms with Gasteiger partial charge in [0.05, 0.1) is 4.92 Å². The number of benzene rings is 2. The second-order valence-corrected chi connectivity index (χ2v) is 5.41. The number of nitro groups is 1. The van der Waals surface area contributed by atoms with E-state index in [-0.39, 0.29) is 17.3 Å². The van der Waals surface area contributed by atoms with Crippen LogP contribution in [-0.4, -0.2) is 23.8 Å². The van der Waals surface area contributed by atoms with Crippen molar-refractivity contribution in [2.45, 2.75) is 6.54 Å². The Labute approximate surface area is 143 Å². The van der Waals surface area contributed by atoms with Gasteiger partial charge in [0.2, 0.25) is 5.90 Å². The highest BCUT2D eigenvalue weighted by molar-refractivity contribution is 6.12. The summed E-state index contributed by atoms with van der Waals surface area (Å²) < 4.78 is 5.16. The number of non-ortho nitro benzene ring substituents is 1. The number of nitrogens with zero attached hydrogens (tertiary/aromatic N) is 2. The Morgan fingerprint density at radius 1 is 1.16 bits per heavy atom. The summed E-state index contributed by atoms with van der Waals surface area (Å²) in [5.41, 5.74) is 2.63. The molecule has 1 aliphatic heterocycles. The highest BCUT2D eigenvalue weighted by atomic mass is 16.6. The number of carbonyl (C=O) groups is 1. The van der Waals surface area contributed by atoms with Crippen LogP contribution in [0.25, 0.3) is 6.08 Å². The van der Waals surface area contributed by atoms with Gasteiger partial charge in [0.15, 0.2) is 5.70 Å². The van der Waals surface area contributed by atoms with E-state index >= 15 is 0 Å². The van der Waals surface area contributed by atoms with Crippen molar-refractivity contribution in [2.24, 2.45) is 4.99 Å². The van der Waals surface area contributed by atoms with Crippen LogP contribution in [0.2, 0.25) is 0 Å². The molecule has 7 nitrogen and oxygen atoms in total. The smallest absolute Gasteiger partial charge is 0.363 e. The van der Waals surface area contributed by atoms with E-state index in [9.17, 15) is 14.9 Å². The van der Waals surface area contributed by atoms with Crippen molar-refractivity contribution in [3.05, 3.63) is 81.0 Å². The predicted octanol–water partition coefficient (Wildman–Crippen LogP) is 2.66. The minimum atomic E-state index is -0.548. The zero-order chi connectivity index (χ0) is 17.8. The molecule has 0 radical (unpaired) electrons. The Kier molecular flexibility index (Phi) is 4.67. The van der Waals surface area contributed by atoms with Crippen LogP contribution in [0.1, 0.15) is 16.7 Å². The molecule has 1 heterocycles.